The number of sulfonamides is 1. The van der Waals surface area contributed by atoms with E-state index in [1.165, 1.54) is 16.4 Å². The zero-order valence-corrected chi connectivity index (χ0v) is 18.2. The molecule has 2 N–H and O–H groups in total. The summed E-state index contributed by atoms with van der Waals surface area (Å²) in [5, 5.41) is 5.56. The van der Waals surface area contributed by atoms with E-state index in [1.54, 1.807) is 18.4 Å². The van der Waals surface area contributed by atoms with Crippen LogP contribution in [0.15, 0.2) is 45.9 Å². The normalized spacial score (nSPS) is 16.1. The molecule has 2 heterocycles. The second-order valence-electron chi connectivity index (χ2n) is 7.34. The molecule has 1 fully saturated rings. The van der Waals surface area contributed by atoms with E-state index in [0.717, 1.165) is 25.0 Å². The number of amides is 2. The maximum absolute atomic E-state index is 13.0. The van der Waals surface area contributed by atoms with Gasteiger partial charge in [0.15, 0.2) is 0 Å². The lowest BCUT2D eigenvalue weighted by atomic mass is 10.2. The van der Waals surface area contributed by atoms with Crippen molar-refractivity contribution in [1.29, 1.82) is 0 Å². The Balaban J connectivity index is 1.74. The van der Waals surface area contributed by atoms with E-state index in [0.29, 0.717) is 37.6 Å². The van der Waals surface area contributed by atoms with Crippen molar-refractivity contribution in [2.45, 2.75) is 50.5 Å². The van der Waals surface area contributed by atoms with Gasteiger partial charge in [0.2, 0.25) is 10.0 Å². The Labute approximate surface area is 177 Å². The molecule has 1 aromatic heterocycles. The van der Waals surface area contributed by atoms with Crippen LogP contribution in [0, 0.1) is 0 Å². The molecule has 164 valence electrons. The van der Waals surface area contributed by atoms with Crippen LogP contribution in [0.1, 0.15) is 38.9 Å². The van der Waals surface area contributed by atoms with E-state index in [2.05, 4.69) is 10.6 Å². The van der Waals surface area contributed by atoms with Gasteiger partial charge in [0.25, 0.3) is 0 Å². The maximum atomic E-state index is 13.0. The van der Waals surface area contributed by atoms with Crippen molar-refractivity contribution in [2.75, 3.05) is 25.0 Å². The summed E-state index contributed by atoms with van der Waals surface area (Å²) >= 11 is 0. The predicted octanol–water partition coefficient (Wildman–Crippen LogP) is 3.61. The Hall–Kier alpha value is -2.52. The molecular formula is C21H29N3O5S. The minimum absolute atomic E-state index is 0.145. The van der Waals surface area contributed by atoms with Crippen LogP contribution in [-0.2, 0) is 16.4 Å². The number of furan rings is 1. The Kier molecular flexibility index (Phi) is 7.38. The number of rotatable bonds is 8. The number of carbonyl (C=O) groups is 1. The predicted molar refractivity (Wildman–Crippen MR) is 114 cm³/mol. The van der Waals surface area contributed by atoms with Crippen molar-refractivity contribution < 1.29 is 22.4 Å². The molecule has 1 aliphatic heterocycles. The van der Waals surface area contributed by atoms with Crippen LogP contribution >= 0.6 is 0 Å². The molecule has 0 radical (unpaired) electrons. The summed E-state index contributed by atoms with van der Waals surface area (Å²) in [6.07, 6.45) is 4.89. The number of anilines is 1. The summed E-state index contributed by atoms with van der Waals surface area (Å²) in [4.78, 5) is 12.6. The smallest absolute Gasteiger partial charge is 0.319 e. The molecule has 1 atom stereocenters. The first-order valence-electron chi connectivity index (χ1n) is 10.3. The Morgan fingerprint density at radius 3 is 2.67 bits per heavy atom. The number of urea groups is 1. The summed E-state index contributed by atoms with van der Waals surface area (Å²) in [6.45, 7) is 5.12. The van der Waals surface area contributed by atoms with E-state index in [-0.39, 0.29) is 10.9 Å². The van der Waals surface area contributed by atoms with E-state index in [1.807, 2.05) is 19.9 Å². The van der Waals surface area contributed by atoms with Gasteiger partial charge in [-0.2, -0.15) is 4.31 Å². The van der Waals surface area contributed by atoms with Gasteiger partial charge in [0.1, 0.15) is 11.5 Å². The number of hydrogen-bond acceptors (Lipinski definition) is 5. The highest BCUT2D eigenvalue weighted by atomic mass is 32.2. The molecule has 0 saturated carbocycles. The Bertz CT molecular complexity index is 938. The molecule has 1 saturated heterocycles. The number of hydrogen-bond donors (Lipinski definition) is 2. The highest BCUT2D eigenvalue weighted by Gasteiger charge is 2.27. The summed E-state index contributed by atoms with van der Waals surface area (Å²) in [7, 11) is -3.62. The number of ether oxygens (including phenoxy) is 1. The van der Waals surface area contributed by atoms with Gasteiger partial charge in [-0.25, -0.2) is 13.2 Å². The minimum Gasteiger partial charge on any atom is -0.492 e. The Morgan fingerprint density at radius 1 is 1.23 bits per heavy atom. The van der Waals surface area contributed by atoms with Crippen molar-refractivity contribution in [3.8, 4) is 5.75 Å². The molecular weight excluding hydrogens is 406 g/mol. The minimum atomic E-state index is -3.62. The lowest BCUT2D eigenvalue weighted by molar-refractivity contribution is 0.248. The van der Waals surface area contributed by atoms with Gasteiger partial charge in [0, 0.05) is 25.6 Å². The van der Waals surface area contributed by atoms with Crippen molar-refractivity contribution in [2.24, 2.45) is 0 Å². The molecule has 1 aliphatic rings. The molecule has 1 aromatic carbocycles. The third-order valence-corrected chi connectivity index (χ3v) is 6.81. The van der Waals surface area contributed by atoms with Crippen LogP contribution in [0.2, 0.25) is 0 Å². The third-order valence-electron chi connectivity index (χ3n) is 4.92. The lowest BCUT2D eigenvalue weighted by Crippen LogP contribution is -2.37. The van der Waals surface area contributed by atoms with Gasteiger partial charge in [0.05, 0.1) is 23.5 Å². The number of nitrogens with one attached hydrogen (secondary N) is 2. The van der Waals surface area contributed by atoms with Crippen LogP contribution in [0.3, 0.4) is 0 Å². The first-order chi connectivity index (χ1) is 14.4. The van der Waals surface area contributed by atoms with Crippen molar-refractivity contribution in [3.63, 3.8) is 0 Å². The topological polar surface area (TPSA) is 101 Å². The zero-order valence-electron chi connectivity index (χ0n) is 17.4. The van der Waals surface area contributed by atoms with Gasteiger partial charge in [-0.05, 0) is 57.0 Å². The zero-order chi connectivity index (χ0) is 21.6. The van der Waals surface area contributed by atoms with Crippen molar-refractivity contribution >= 4 is 21.7 Å². The summed E-state index contributed by atoms with van der Waals surface area (Å²) in [5.74, 6) is 1.19. The quantitative estimate of drug-likeness (QED) is 0.660. The van der Waals surface area contributed by atoms with Crippen LogP contribution in [0.5, 0.6) is 5.75 Å². The molecule has 9 heteroatoms. The first-order valence-corrected chi connectivity index (χ1v) is 11.7. The summed E-state index contributed by atoms with van der Waals surface area (Å²) < 4.78 is 38.4. The largest absolute Gasteiger partial charge is 0.492 e. The van der Waals surface area contributed by atoms with E-state index >= 15 is 0 Å². The van der Waals surface area contributed by atoms with Crippen LogP contribution < -0.4 is 15.4 Å². The molecule has 0 spiro atoms. The SMILES string of the molecule is CCOc1ccc(S(=O)(=O)N2CCCCC2)cc1NC(=O)NC(C)Cc1ccco1. The van der Waals surface area contributed by atoms with Gasteiger partial charge in [-0.3, -0.25) is 0 Å². The summed E-state index contributed by atoms with van der Waals surface area (Å²) in [6, 6.07) is 7.60. The number of nitrogens with zero attached hydrogens (tertiary/aromatic N) is 1. The highest BCUT2D eigenvalue weighted by Crippen LogP contribution is 2.30. The maximum Gasteiger partial charge on any atom is 0.319 e. The van der Waals surface area contributed by atoms with Crippen LogP contribution in [0.25, 0.3) is 0 Å². The van der Waals surface area contributed by atoms with E-state index in [4.69, 9.17) is 9.15 Å². The molecule has 2 amide bonds. The van der Waals surface area contributed by atoms with Crippen LogP contribution in [-0.4, -0.2) is 44.5 Å². The van der Waals surface area contributed by atoms with E-state index < -0.39 is 16.1 Å². The highest BCUT2D eigenvalue weighted by molar-refractivity contribution is 7.89. The van der Waals surface area contributed by atoms with Gasteiger partial charge < -0.3 is 19.8 Å². The third kappa shape index (κ3) is 5.54. The fourth-order valence-corrected chi connectivity index (χ4v) is 5.01. The molecule has 0 aliphatic carbocycles. The van der Waals surface area contributed by atoms with Crippen molar-refractivity contribution in [1.82, 2.24) is 9.62 Å². The second-order valence-corrected chi connectivity index (χ2v) is 9.28. The number of piperidine rings is 1. The van der Waals surface area contributed by atoms with E-state index in [9.17, 15) is 13.2 Å². The standard InChI is InChI=1S/C21H29N3O5S/c1-3-28-20-10-9-18(30(26,27)24-11-5-4-6-12-24)15-19(20)23-21(25)22-16(2)14-17-8-7-13-29-17/h7-10,13,15-16H,3-6,11-12,14H2,1-2H3,(H2,22,23,25). The number of carbonyl (C=O) groups excluding carboxylic acids is 1. The Morgan fingerprint density at radius 2 is 2.00 bits per heavy atom. The molecule has 0 bridgehead atoms. The monoisotopic (exact) mass is 435 g/mol. The van der Waals surface area contributed by atoms with Crippen molar-refractivity contribution in [3.05, 3.63) is 42.4 Å². The lowest BCUT2D eigenvalue weighted by Gasteiger charge is -2.26. The molecule has 30 heavy (non-hydrogen) atoms. The number of benzene rings is 1. The van der Waals surface area contributed by atoms with Gasteiger partial charge in [-0.1, -0.05) is 6.42 Å². The van der Waals surface area contributed by atoms with Crippen LogP contribution in [0.4, 0.5) is 10.5 Å². The fraction of sp³-hybridized carbons (Fsp3) is 0.476. The average molecular weight is 436 g/mol. The van der Waals surface area contributed by atoms with Gasteiger partial charge >= 0.3 is 6.03 Å². The van der Waals surface area contributed by atoms with Gasteiger partial charge in [-0.15, -0.1) is 0 Å². The fourth-order valence-electron chi connectivity index (χ4n) is 3.47. The molecule has 8 nitrogen and oxygen atoms in total. The second kappa shape index (κ2) is 9.99. The average Bonchev–Trinajstić information content (AvgIpc) is 3.22. The molecule has 1 unspecified atom stereocenters. The molecule has 2 aromatic rings. The summed E-state index contributed by atoms with van der Waals surface area (Å²) in [5.41, 5.74) is 0.317. The first kappa shape index (κ1) is 22.2. The molecule has 3 rings (SSSR count).